The van der Waals surface area contributed by atoms with E-state index in [0.717, 1.165) is 32.0 Å². The summed E-state index contributed by atoms with van der Waals surface area (Å²) in [4.78, 5) is 9.43. The molecule has 0 saturated heterocycles. The van der Waals surface area contributed by atoms with Crippen LogP contribution in [0.4, 0.5) is 16.2 Å². The molecule has 0 amide bonds. The van der Waals surface area contributed by atoms with E-state index in [0.29, 0.717) is 0 Å². The molecule has 0 atom stereocenters. The van der Waals surface area contributed by atoms with Crippen LogP contribution < -0.4 is 16.2 Å². The molecule has 1 rings (SSSR count). The molecule has 0 bridgehead atoms. The number of nitrogens with one attached hydrogen (secondary N) is 1. The third-order valence-corrected chi connectivity index (χ3v) is 2.31. The van der Waals surface area contributed by atoms with Crippen molar-refractivity contribution in [1.29, 1.82) is 0 Å². The Hall–Kier alpha value is -1.43. The Bertz CT molecular complexity index is 331. The second-order valence-corrected chi connectivity index (χ2v) is 3.64. The molecule has 0 aliphatic carbocycles. The van der Waals surface area contributed by atoms with Crippen LogP contribution in [0.2, 0.25) is 0 Å². The van der Waals surface area contributed by atoms with Gasteiger partial charge in [-0.15, -0.1) is 0 Å². The first kappa shape index (κ1) is 12.6. The minimum absolute atomic E-state index is 0.221. The normalized spacial score (nSPS) is 10.2. The smallest absolute Gasteiger partial charge is 0.239 e. The summed E-state index contributed by atoms with van der Waals surface area (Å²) in [5.74, 6) is 5.24. The van der Waals surface area contributed by atoms with E-state index >= 15 is 0 Å². The van der Waals surface area contributed by atoms with Crippen molar-refractivity contribution in [3.63, 3.8) is 0 Å². The predicted octanol–water partition coefficient (Wildman–Crippen LogP) is 1.53. The van der Waals surface area contributed by atoms with Crippen molar-refractivity contribution in [2.75, 3.05) is 23.9 Å². The van der Waals surface area contributed by atoms with E-state index in [-0.39, 0.29) is 11.8 Å². The maximum Gasteiger partial charge on any atom is 0.239 e. The number of hydrazine groups is 1. The molecule has 6 heteroatoms. The van der Waals surface area contributed by atoms with Crippen LogP contribution in [0.15, 0.2) is 6.20 Å². The molecule has 0 aliphatic heterocycles. The maximum atomic E-state index is 13.4. The highest BCUT2D eigenvalue weighted by Gasteiger charge is 2.10. The largest absolute Gasteiger partial charge is 0.357 e. The van der Waals surface area contributed by atoms with E-state index < -0.39 is 5.82 Å². The number of nitrogens with zero attached hydrogens (tertiary/aromatic N) is 3. The van der Waals surface area contributed by atoms with Crippen molar-refractivity contribution < 1.29 is 4.39 Å². The quantitative estimate of drug-likeness (QED) is 0.438. The zero-order chi connectivity index (χ0) is 12.0. The number of rotatable bonds is 6. The van der Waals surface area contributed by atoms with Crippen molar-refractivity contribution in [3.8, 4) is 0 Å². The zero-order valence-electron chi connectivity index (χ0n) is 9.70. The first-order chi connectivity index (χ1) is 7.69. The third-order valence-electron chi connectivity index (χ3n) is 2.31. The van der Waals surface area contributed by atoms with Gasteiger partial charge in [-0.3, -0.25) is 5.43 Å². The molecule has 0 spiro atoms. The second kappa shape index (κ2) is 6.22. The number of hydrogen-bond acceptors (Lipinski definition) is 5. The highest BCUT2D eigenvalue weighted by atomic mass is 19.1. The van der Waals surface area contributed by atoms with E-state index in [4.69, 9.17) is 5.84 Å². The van der Waals surface area contributed by atoms with Gasteiger partial charge < -0.3 is 4.90 Å². The number of nitrogens with two attached hydrogens (primary N) is 1. The Morgan fingerprint density at radius 2 is 2.25 bits per heavy atom. The highest BCUT2D eigenvalue weighted by molar-refractivity contribution is 5.42. The lowest BCUT2D eigenvalue weighted by atomic mass is 10.2. The zero-order valence-corrected chi connectivity index (χ0v) is 9.70. The number of halogens is 1. The van der Waals surface area contributed by atoms with Gasteiger partial charge in [0.05, 0.1) is 6.20 Å². The van der Waals surface area contributed by atoms with Crippen LogP contribution in [-0.4, -0.2) is 23.6 Å². The molecule has 1 aromatic rings. The van der Waals surface area contributed by atoms with Crippen molar-refractivity contribution >= 4 is 11.8 Å². The molecule has 3 N–H and O–H groups in total. The lowest BCUT2D eigenvalue weighted by Crippen LogP contribution is -2.22. The van der Waals surface area contributed by atoms with Gasteiger partial charge in [0.25, 0.3) is 0 Å². The van der Waals surface area contributed by atoms with E-state index in [1.165, 1.54) is 0 Å². The van der Waals surface area contributed by atoms with Gasteiger partial charge in [0.1, 0.15) is 0 Å². The monoisotopic (exact) mass is 227 g/mol. The van der Waals surface area contributed by atoms with Gasteiger partial charge in [-0.2, -0.15) is 4.98 Å². The maximum absolute atomic E-state index is 13.4. The summed E-state index contributed by atoms with van der Waals surface area (Å²) in [6.07, 6.45) is 4.39. The Morgan fingerprint density at radius 3 is 2.88 bits per heavy atom. The minimum Gasteiger partial charge on any atom is -0.357 e. The highest BCUT2D eigenvalue weighted by Crippen LogP contribution is 2.16. The fourth-order valence-corrected chi connectivity index (χ4v) is 1.40. The summed E-state index contributed by atoms with van der Waals surface area (Å²) in [6.45, 7) is 2.90. The van der Waals surface area contributed by atoms with Crippen molar-refractivity contribution in [1.82, 2.24) is 9.97 Å². The molecule has 0 aliphatic rings. The van der Waals surface area contributed by atoms with Gasteiger partial charge in [0.15, 0.2) is 11.6 Å². The molecular weight excluding hydrogens is 209 g/mol. The van der Waals surface area contributed by atoms with E-state index in [2.05, 4.69) is 22.3 Å². The fraction of sp³-hybridized carbons (Fsp3) is 0.600. The first-order valence-electron chi connectivity index (χ1n) is 5.39. The molecule has 1 aromatic heterocycles. The average Bonchev–Trinajstić information content (AvgIpc) is 2.30. The molecule has 0 saturated carbocycles. The Morgan fingerprint density at radius 1 is 1.50 bits per heavy atom. The van der Waals surface area contributed by atoms with Crippen LogP contribution in [0, 0.1) is 5.82 Å². The van der Waals surface area contributed by atoms with Gasteiger partial charge >= 0.3 is 0 Å². The third kappa shape index (κ3) is 3.30. The standard InChI is InChI=1S/C10H18FN5/c1-3-4-5-6-16(2)9-8(11)7-13-10(14-9)15-12/h7H,3-6,12H2,1-2H3,(H,13,14,15). The molecule has 1 heterocycles. The van der Waals surface area contributed by atoms with Gasteiger partial charge in [0, 0.05) is 13.6 Å². The van der Waals surface area contributed by atoms with Gasteiger partial charge in [-0.05, 0) is 6.42 Å². The molecule has 0 unspecified atom stereocenters. The van der Waals surface area contributed by atoms with Crippen LogP contribution >= 0.6 is 0 Å². The molecule has 0 fully saturated rings. The topological polar surface area (TPSA) is 67.1 Å². The van der Waals surface area contributed by atoms with Crippen LogP contribution in [0.3, 0.4) is 0 Å². The van der Waals surface area contributed by atoms with Crippen molar-refractivity contribution in [2.24, 2.45) is 5.84 Å². The lowest BCUT2D eigenvalue weighted by molar-refractivity contribution is 0.602. The summed E-state index contributed by atoms with van der Waals surface area (Å²) in [5, 5.41) is 0. The minimum atomic E-state index is -0.432. The summed E-state index contributed by atoms with van der Waals surface area (Å²) in [6, 6.07) is 0. The SMILES string of the molecule is CCCCCN(C)c1nc(NN)ncc1F. The predicted molar refractivity (Wildman–Crippen MR) is 62.6 cm³/mol. The van der Waals surface area contributed by atoms with Crippen molar-refractivity contribution in [3.05, 3.63) is 12.0 Å². The molecule has 5 nitrogen and oxygen atoms in total. The number of anilines is 2. The van der Waals surface area contributed by atoms with Gasteiger partial charge in [-0.1, -0.05) is 19.8 Å². The van der Waals surface area contributed by atoms with Crippen LogP contribution in [0.5, 0.6) is 0 Å². The van der Waals surface area contributed by atoms with Crippen LogP contribution in [0.25, 0.3) is 0 Å². The number of hydrogen-bond donors (Lipinski definition) is 2. The van der Waals surface area contributed by atoms with E-state index in [1.54, 1.807) is 11.9 Å². The Kier molecular flexibility index (Phi) is 4.91. The Labute approximate surface area is 94.8 Å². The number of aromatic nitrogens is 2. The summed E-state index contributed by atoms with van der Waals surface area (Å²) >= 11 is 0. The molecule has 0 radical (unpaired) electrons. The number of unbranched alkanes of at least 4 members (excludes halogenated alkanes) is 2. The summed E-state index contributed by atoms with van der Waals surface area (Å²) < 4.78 is 13.4. The van der Waals surface area contributed by atoms with Crippen LogP contribution in [-0.2, 0) is 0 Å². The molecule has 16 heavy (non-hydrogen) atoms. The molecule has 90 valence electrons. The van der Waals surface area contributed by atoms with E-state index in [1.807, 2.05) is 0 Å². The van der Waals surface area contributed by atoms with E-state index in [9.17, 15) is 4.39 Å². The second-order valence-electron chi connectivity index (χ2n) is 3.64. The Balaban J connectivity index is 2.69. The summed E-state index contributed by atoms with van der Waals surface area (Å²) in [7, 11) is 1.81. The van der Waals surface area contributed by atoms with Gasteiger partial charge in [0.2, 0.25) is 5.95 Å². The molecule has 0 aromatic carbocycles. The fourth-order valence-electron chi connectivity index (χ4n) is 1.40. The first-order valence-corrected chi connectivity index (χ1v) is 5.39. The van der Waals surface area contributed by atoms with Crippen LogP contribution in [0.1, 0.15) is 26.2 Å². The lowest BCUT2D eigenvalue weighted by Gasteiger charge is -2.18. The molecular formula is C10H18FN5. The average molecular weight is 227 g/mol. The van der Waals surface area contributed by atoms with Gasteiger partial charge in [-0.25, -0.2) is 15.2 Å². The summed E-state index contributed by atoms with van der Waals surface area (Å²) in [5.41, 5.74) is 2.30. The van der Waals surface area contributed by atoms with Crippen molar-refractivity contribution in [2.45, 2.75) is 26.2 Å². The number of nitrogen functional groups attached to an aromatic ring is 1.